The minimum Gasteiger partial charge on any atom is -0.337 e. The molecule has 0 fully saturated rings. The first-order valence-electron chi connectivity index (χ1n) is 11.9. The van der Waals surface area contributed by atoms with E-state index in [1.165, 1.54) is 11.1 Å². The van der Waals surface area contributed by atoms with Crippen LogP contribution in [0.1, 0.15) is 59.3 Å². The van der Waals surface area contributed by atoms with Gasteiger partial charge in [0.2, 0.25) is 5.91 Å². The summed E-state index contributed by atoms with van der Waals surface area (Å²) in [4.78, 5) is 35.0. The second kappa shape index (κ2) is 8.70. The molecule has 2 aliphatic rings. The molecular weight excluding hydrogens is 426 g/mol. The minimum absolute atomic E-state index is 0.0596. The molecule has 0 radical (unpaired) electrons. The summed E-state index contributed by atoms with van der Waals surface area (Å²) in [6, 6.07) is 14.1. The molecule has 2 amide bonds. The van der Waals surface area contributed by atoms with Crippen molar-refractivity contribution < 1.29 is 9.59 Å². The summed E-state index contributed by atoms with van der Waals surface area (Å²) in [7, 11) is 0. The maximum atomic E-state index is 13.8. The zero-order chi connectivity index (χ0) is 23.9. The summed E-state index contributed by atoms with van der Waals surface area (Å²) >= 11 is 0. The Balaban J connectivity index is 1.49. The molecule has 0 saturated heterocycles. The summed E-state index contributed by atoms with van der Waals surface area (Å²) in [5, 5.41) is 4.82. The lowest BCUT2D eigenvalue weighted by molar-refractivity contribution is -0.140. The van der Waals surface area contributed by atoms with Gasteiger partial charge in [0.05, 0.1) is 12.2 Å². The standard InChI is InChI=1S/C27H31N5O2/c1-27(2,3)26(34)31-15-12-23-22(18-31)24(29-32(23)17-21-10-6-7-13-28-21)25(33)30-14-11-19-8-4-5-9-20(19)16-30/h4-10,13H,11-12,14-18H2,1-3H3. The number of benzene rings is 1. The van der Waals surface area contributed by atoms with Gasteiger partial charge in [0, 0.05) is 55.5 Å². The predicted molar refractivity (Wildman–Crippen MR) is 129 cm³/mol. The molecule has 34 heavy (non-hydrogen) atoms. The number of hydrogen-bond acceptors (Lipinski definition) is 4. The minimum atomic E-state index is -0.470. The van der Waals surface area contributed by atoms with Gasteiger partial charge in [-0.2, -0.15) is 5.10 Å². The van der Waals surface area contributed by atoms with Crippen molar-refractivity contribution in [3.05, 3.63) is 82.4 Å². The number of carbonyl (C=O) groups is 2. The lowest BCUT2D eigenvalue weighted by Crippen LogP contribution is -2.43. The largest absolute Gasteiger partial charge is 0.337 e. The fourth-order valence-electron chi connectivity index (χ4n) is 4.91. The Morgan fingerprint density at radius 1 is 0.912 bits per heavy atom. The molecule has 0 N–H and O–H groups in total. The SMILES string of the molecule is CC(C)(C)C(=O)N1CCc2c(c(C(=O)N3CCc4ccccc4C3)nn2Cc2ccccn2)C1. The van der Waals surface area contributed by atoms with Gasteiger partial charge in [0.1, 0.15) is 0 Å². The van der Waals surface area contributed by atoms with Crippen LogP contribution in [0.5, 0.6) is 0 Å². The third-order valence-electron chi connectivity index (χ3n) is 6.72. The Labute approximate surface area is 200 Å². The first kappa shape index (κ1) is 22.3. The van der Waals surface area contributed by atoms with Crippen molar-refractivity contribution in [1.29, 1.82) is 0 Å². The molecule has 7 heteroatoms. The quantitative estimate of drug-likeness (QED) is 0.604. The monoisotopic (exact) mass is 457 g/mol. The van der Waals surface area contributed by atoms with Crippen LogP contribution in [-0.4, -0.2) is 49.5 Å². The van der Waals surface area contributed by atoms with Gasteiger partial charge in [-0.05, 0) is 29.7 Å². The van der Waals surface area contributed by atoms with E-state index in [-0.39, 0.29) is 11.8 Å². The zero-order valence-electron chi connectivity index (χ0n) is 20.1. The topological polar surface area (TPSA) is 71.3 Å². The number of nitrogens with zero attached hydrogens (tertiary/aromatic N) is 5. The molecule has 4 heterocycles. The number of amides is 2. The molecular formula is C27H31N5O2. The molecule has 0 spiro atoms. The second-order valence-electron chi connectivity index (χ2n) is 10.2. The fourth-order valence-corrected chi connectivity index (χ4v) is 4.91. The van der Waals surface area contributed by atoms with Crippen LogP contribution in [0.25, 0.3) is 0 Å². The molecule has 1 aromatic carbocycles. The van der Waals surface area contributed by atoms with E-state index in [0.717, 1.165) is 23.4 Å². The van der Waals surface area contributed by atoms with E-state index in [0.29, 0.717) is 44.8 Å². The first-order valence-corrected chi connectivity index (χ1v) is 11.9. The Hall–Kier alpha value is -3.48. The van der Waals surface area contributed by atoms with Crippen molar-refractivity contribution in [3.8, 4) is 0 Å². The summed E-state index contributed by atoms with van der Waals surface area (Å²) in [6.07, 6.45) is 3.28. The van der Waals surface area contributed by atoms with Crippen LogP contribution >= 0.6 is 0 Å². The van der Waals surface area contributed by atoms with Gasteiger partial charge in [0.15, 0.2) is 5.69 Å². The van der Waals surface area contributed by atoms with Crippen molar-refractivity contribution in [2.75, 3.05) is 13.1 Å². The Morgan fingerprint density at radius 2 is 1.65 bits per heavy atom. The predicted octanol–water partition coefficient (Wildman–Crippen LogP) is 3.46. The van der Waals surface area contributed by atoms with Crippen LogP contribution in [0.2, 0.25) is 0 Å². The van der Waals surface area contributed by atoms with Gasteiger partial charge in [-0.25, -0.2) is 0 Å². The van der Waals surface area contributed by atoms with Crippen molar-refractivity contribution in [1.82, 2.24) is 24.6 Å². The number of rotatable bonds is 3. The van der Waals surface area contributed by atoms with E-state index >= 15 is 0 Å². The number of fused-ring (bicyclic) bond motifs is 2. The van der Waals surface area contributed by atoms with E-state index < -0.39 is 5.41 Å². The second-order valence-corrected chi connectivity index (χ2v) is 10.2. The number of hydrogen-bond donors (Lipinski definition) is 0. The maximum Gasteiger partial charge on any atom is 0.275 e. The third-order valence-corrected chi connectivity index (χ3v) is 6.72. The van der Waals surface area contributed by atoms with E-state index in [4.69, 9.17) is 5.10 Å². The van der Waals surface area contributed by atoms with Crippen molar-refractivity contribution in [2.45, 2.75) is 53.2 Å². The van der Waals surface area contributed by atoms with E-state index in [1.807, 2.05) is 65.6 Å². The van der Waals surface area contributed by atoms with Crippen molar-refractivity contribution in [2.24, 2.45) is 5.41 Å². The Kier molecular flexibility index (Phi) is 5.71. The van der Waals surface area contributed by atoms with Crippen LogP contribution in [-0.2, 0) is 37.3 Å². The summed E-state index contributed by atoms with van der Waals surface area (Å²) in [6.45, 7) is 8.61. The first-order chi connectivity index (χ1) is 16.3. The van der Waals surface area contributed by atoms with Crippen LogP contribution in [0.3, 0.4) is 0 Å². The molecule has 0 atom stereocenters. The van der Waals surface area contributed by atoms with E-state index in [9.17, 15) is 9.59 Å². The van der Waals surface area contributed by atoms with Gasteiger partial charge in [-0.1, -0.05) is 51.1 Å². The van der Waals surface area contributed by atoms with Gasteiger partial charge < -0.3 is 9.80 Å². The summed E-state index contributed by atoms with van der Waals surface area (Å²) < 4.78 is 1.92. The Morgan fingerprint density at radius 3 is 2.38 bits per heavy atom. The average Bonchev–Trinajstić information content (AvgIpc) is 3.20. The van der Waals surface area contributed by atoms with Crippen LogP contribution in [0, 0.1) is 5.41 Å². The Bertz CT molecular complexity index is 1230. The highest BCUT2D eigenvalue weighted by atomic mass is 16.2. The van der Waals surface area contributed by atoms with E-state index in [2.05, 4.69) is 17.1 Å². The fraction of sp³-hybridized carbons (Fsp3) is 0.407. The number of pyridine rings is 1. The summed E-state index contributed by atoms with van der Waals surface area (Å²) in [5.74, 6) is 0.0384. The number of aromatic nitrogens is 3. The molecule has 2 aliphatic heterocycles. The van der Waals surface area contributed by atoms with Crippen LogP contribution in [0.4, 0.5) is 0 Å². The highest BCUT2D eigenvalue weighted by Crippen LogP contribution is 2.29. The van der Waals surface area contributed by atoms with Gasteiger partial charge >= 0.3 is 0 Å². The number of carbonyl (C=O) groups excluding carboxylic acids is 2. The molecule has 0 aliphatic carbocycles. The molecule has 0 bridgehead atoms. The molecule has 176 valence electrons. The molecule has 7 nitrogen and oxygen atoms in total. The normalized spacial score (nSPS) is 15.6. The molecule has 0 unspecified atom stereocenters. The molecule has 2 aromatic heterocycles. The highest BCUT2D eigenvalue weighted by molar-refractivity contribution is 5.94. The van der Waals surface area contributed by atoms with Gasteiger partial charge in [-0.3, -0.25) is 19.3 Å². The van der Waals surface area contributed by atoms with Crippen molar-refractivity contribution >= 4 is 11.8 Å². The maximum absolute atomic E-state index is 13.8. The zero-order valence-corrected chi connectivity index (χ0v) is 20.1. The lowest BCUT2D eigenvalue weighted by atomic mass is 9.93. The lowest BCUT2D eigenvalue weighted by Gasteiger charge is -2.33. The van der Waals surface area contributed by atoms with Gasteiger partial charge in [-0.15, -0.1) is 0 Å². The molecule has 3 aromatic rings. The van der Waals surface area contributed by atoms with Crippen LogP contribution < -0.4 is 0 Å². The smallest absolute Gasteiger partial charge is 0.275 e. The average molecular weight is 458 g/mol. The third kappa shape index (κ3) is 4.22. The molecule has 5 rings (SSSR count). The molecule has 0 saturated carbocycles. The summed E-state index contributed by atoms with van der Waals surface area (Å²) in [5.41, 5.74) is 5.30. The van der Waals surface area contributed by atoms with Gasteiger partial charge in [0.25, 0.3) is 5.91 Å². The van der Waals surface area contributed by atoms with Crippen molar-refractivity contribution in [3.63, 3.8) is 0 Å². The van der Waals surface area contributed by atoms with E-state index in [1.54, 1.807) is 6.20 Å². The van der Waals surface area contributed by atoms with Crippen LogP contribution in [0.15, 0.2) is 48.7 Å². The highest BCUT2D eigenvalue weighted by Gasteiger charge is 2.35.